The molecule has 1 aromatic carbocycles. The zero-order valence-electron chi connectivity index (χ0n) is 10.5. The lowest BCUT2D eigenvalue weighted by Crippen LogP contribution is -1.95. The molecule has 3 nitrogen and oxygen atoms in total. The lowest BCUT2D eigenvalue weighted by atomic mass is 10.3. The van der Waals surface area contributed by atoms with Crippen LogP contribution in [0.15, 0.2) is 59.1 Å². The van der Waals surface area contributed by atoms with Gasteiger partial charge in [0.1, 0.15) is 0 Å². The first kappa shape index (κ1) is 13.5. The molecule has 0 N–H and O–H groups in total. The van der Waals surface area contributed by atoms with E-state index in [9.17, 15) is 0 Å². The third-order valence-corrected chi connectivity index (χ3v) is 5.00. The van der Waals surface area contributed by atoms with Gasteiger partial charge in [0.05, 0.1) is 11.4 Å². The van der Waals surface area contributed by atoms with E-state index in [0.29, 0.717) is 0 Å². The third-order valence-electron chi connectivity index (χ3n) is 2.60. The molecule has 100 valence electrons. The highest BCUT2D eigenvalue weighted by Crippen LogP contribution is 2.26. The number of benzene rings is 1. The van der Waals surface area contributed by atoms with Crippen LogP contribution < -0.4 is 0 Å². The Hall–Kier alpha value is -1.50. The highest BCUT2D eigenvalue weighted by atomic mass is 32.2. The van der Waals surface area contributed by atoms with Crippen molar-refractivity contribution >= 4 is 35.3 Å². The number of aromatic nitrogens is 3. The molecular formula is C14H11N3S3. The van der Waals surface area contributed by atoms with Crippen molar-refractivity contribution in [2.45, 2.75) is 10.1 Å². The van der Waals surface area contributed by atoms with Crippen molar-refractivity contribution in [2.24, 2.45) is 0 Å². The van der Waals surface area contributed by atoms with Crippen LogP contribution in [0.1, 0.15) is 5.69 Å². The molecule has 0 bridgehead atoms. The molecule has 0 saturated carbocycles. The van der Waals surface area contributed by atoms with Crippen molar-refractivity contribution in [3.8, 4) is 5.69 Å². The second kappa shape index (κ2) is 6.30. The molecule has 3 rings (SSSR count). The number of nitrogens with zero attached hydrogens (tertiary/aromatic N) is 3. The van der Waals surface area contributed by atoms with Gasteiger partial charge in [-0.05, 0) is 36.5 Å². The van der Waals surface area contributed by atoms with Gasteiger partial charge in [0, 0.05) is 11.9 Å². The van der Waals surface area contributed by atoms with E-state index in [1.807, 2.05) is 48.5 Å². The fourth-order valence-electron chi connectivity index (χ4n) is 1.67. The first-order valence-electron chi connectivity index (χ1n) is 6.01. The summed E-state index contributed by atoms with van der Waals surface area (Å²) in [5.74, 6) is 0.803. The molecule has 0 aliphatic carbocycles. The summed E-state index contributed by atoms with van der Waals surface area (Å²) < 4.78 is 3.53. The van der Waals surface area contributed by atoms with E-state index in [2.05, 4.69) is 10.1 Å². The highest BCUT2D eigenvalue weighted by molar-refractivity contribution is 8.00. The summed E-state index contributed by atoms with van der Waals surface area (Å²) in [6, 6.07) is 15.9. The lowest BCUT2D eigenvalue weighted by molar-refractivity contribution is 0.829. The van der Waals surface area contributed by atoms with Crippen LogP contribution in [-0.2, 0) is 5.75 Å². The van der Waals surface area contributed by atoms with Gasteiger partial charge in [0.15, 0.2) is 8.29 Å². The molecule has 0 saturated heterocycles. The number of pyridine rings is 1. The SMILES string of the molecule is S=c1sc(SCc2ccccn2)nn1-c1ccccc1. The summed E-state index contributed by atoms with van der Waals surface area (Å²) in [6.45, 7) is 0. The normalized spacial score (nSPS) is 10.6. The Morgan fingerprint density at radius 2 is 1.90 bits per heavy atom. The minimum Gasteiger partial charge on any atom is -0.260 e. The summed E-state index contributed by atoms with van der Waals surface area (Å²) in [7, 11) is 0. The standard InChI is InChI=1S/C14H11N3S3/c18-14-17(12-7-2-1-3-8-12)16-13(20-14)19-10-11-6-4-5-9-15-11/h1-9H,10H2. The van der Waals surface area contributed by atoms with E-state index in [4.69, 9.17) is 12.2 Å². The minimum absolute atomic E-state index is 0.764. The van der Waals surface area contributed by atoms with Gasteiger partial charge in [-0.15, -0.1) is 5.10 Å². The van der Waals surface area contributed by atoms with Crippen LogP contribution in [-0.4, -0.2) is 14.8 Å². The molecule has 0 unspecified atom stereocenters. The summed E-state index contributed by atoms with van der Waals surface area (Å²) >= 11 is 8.57. The van der Waals surface area contributed by atoms with Gasteiger partial charge in [0.2, 0.25) is 0 Å². The molecule has 0 aliphatic rings. The average molecular weight is 317 g/mol. The number of hydrogen-bond acceptors (Lipinski definition) is 5. The Morgan fingerprint density at radius 3 is 2.65 bits per heavy atom. The number of thioether (sulfide) groups is 1. The average Bonchev–Trinajstić information content (AvgIpc) is 2.88. The van der Waals surface area contributed by atoms with Crippen molar-refractivity contribution in [1.29, 1.82) is 0 Å². The van der Waals surface area contributed by atoms with Gasteiger partial charge >= 0.3 is 0 Å². The van der Waals surface area contributed by atoms with Crippen molar-refractivity contribution in [2.75, 3.05) is 0 Å². The van der Waals surface area contributed by atoms with Crippen LogP contribution in [0.3, 0.4) is 0 Å². The Bertz CT molecular complexity index is 735. The van der Waals surface area contributed by atoms with Gasteiger partial charge in [-0.25, -0.2) is 4.68 Å². The first-order valence-corrected chi connectivity index (χ1v) is 8.22. The van der Waals surface area contributed by atoms with E-state index >= 15 is 0 Å². The van der Waals surface area contributed by atoms with Gasteiger partial charge in [-0.1, -0.05) is 47.4 Å². The largest absolute Gasteiger partial charge is 0.260 e. The third kappa shape index (κ3) is 3.15. The minimum atomic E-state index is 0.764. The molecule has 0 fully saturated rings. The topological polar surface area (TPSA) is 30.7 Å². The van der Waals surface area contributed by atoms with E-state index in [1.54, 1.807) is 22.6 Å². The number of rotatable bonds is 4. The number of para-hydroxylation sites is 1. The van der Waals surface area contributed by atoms with E-state index < -0.39 is 0 Å². The highest BCUT2D eigenvalue weighted by Gasteiger charge is 2.06. The van der Waals surface area contributed by atoms with Crippen LogP contribution in [0.4, 0.5) is 0 Å². The Kier molecular flexibility index (Phi) is 4.25. The Balaban J connectivity index is 1.78. The summed E-state index contributed by atoms with van der Waals surface area (Å²) in [6.07, 6.45) is 1.81. The summed E-state index contributed by atoms with van der Waals surface area (Å²) in [5.41, 5.74) is 2.04. The maximum absolute atomic E-state index is 5.38. The van der Waals surface area contributed by atoms with Crippen molar-refractivity contribution in [1.82, 2.24) is 14.8 Å². The zero-order chi connectivity index (χ0) is 13.8. The molecule has 2 aromatic heterocycles. The molecule has 0 radical (unpaired) electrons. The van der Waals surface area contributed by atoms with Crippen molar-refractivity contribution < 1.29 is 0 Å². The van der Waals surface area contributed by atoms with Crippen LogP contribution >= 0.6 is 35.3 Å². The maximum Gasteiger partial charge on any atom is 0.184 e. The molecular weight excluding hydrogens is 306 g/mol. The van der Waals surface area contributed by atoms with Gasteiger partial charge in [0.25, 0.3) is 0 Å². The molecule has 6 heteroatoms. The van der Waals surface area contributed by atoms with Gasteiger partial charge < -0.3 is 0 Å². The molecule has 20 heavy (non-hydrogen) atoms. The first-order chi connectivity index (χ1) is 9.83. The van der Waals surface area contributed by atoms with E-state index in [0.717, 1.165) is 25.4 Å². The zero-order valence-corrected chi connectivity index (χ0v) is 12.9. The predicted octanol–water partition coefficient (Wildman–Crippen LogP) is 4.35. The lowest BCUT2D eigenvalue weighted by Gasteiger charge is -1.99. The smallest absolute Gasteiger partial charge is 0.184 e. The molecule has 3 aromatic rings. The second-order valence-electron chi connectivity index (χ2n) is 3.99. The fraction of sp³-hybridized carbons (Fsp3) is 0.0714. The maximum atomic E-state index is 5.38. The monoisotopic (exact) mass is 317 g/mol. The Morgan fingerprint density at radius 1 is 1.10 bits per heavy atom. The molecule has 0 atom stereocenters. The van der Waals surface area contributed by atoms with Crippen LogP contribution in [0.25, 0.3) is 5.69 Å². The van der Waals surface area contributed by atoms with E-state index in [1.165, 1.54) is 11.3 Å². The molecule has 0 amide bonds. The predicted molar refractivity (Wildman–Crippen MR) is 86.1 cm³/mol. The van der Waals surface area contributed by atoms with Crippen LogP contribution in [0.2, 0.25) is 0 Å². The fourth-order valence-corrected chi connectivity index (χ4v) is 3.95. The molecule has 2 heterocycles. The van der Waals surface area contributed by atoms with E-state index in [-0.39, 0.29) is 0 Å². The summed E-state index contributed by atoms with van der Waals surface area (Å²) in [5, 5.41) is 4.56. The molecule has 0 aliphatic heterocycles. The van der Waals surface area contributed by atoms with Gasteiger partial charge in [-0.2, -0.15) is 0 Å². The van der Waals surface area contributed by atoms with Crippen LogP contribution in [0.5, 0.6) is 0 Å². The van der Waals surface area contributed by atoms with Crippen LogP contribution in [0, 0.1) is 3.95 Å². The quantitative estimate of drug-likeness (QED) is 0.529. The Labute approximate surface area is 130 Å². The molecule has 0 spiro atoms. The van der Waals surface area contributed by atoms with Gasteiger partial charge in [-0.3, -0.25) is 4.98 Å². The summed E-state index contributed by atoms with van der Waals surface area (Å²) in [4.78, 5) is 4.30. The number of hydrogen-bond donors (Lipinski definition) is 0. The van der Waals surface area contributed by atoms with Crippen molar-refractivity contribution in [3.63, 3.8) is 0 Å². The second-order valence-corrected chi connectivity index (χ2v) is 6.84. The van der Waals surface area contributed by atoms with Crippen molar-refractivity contribution in [3.05, 3.63) is 64.4 Å².